The molecule has 3 heterocycles. The van der Waals surface area contributed by atoms with E-state index in [1.54, 1.807) is 39.5 Å². The van der Waals surface area contributed by atoms with Crippen LogP contribution in [0.2, 0.25) is 0 Å². The number of hydrogen-bond donors (Lipinski definition) is 2. The van der Waals surface area contributed by atoms with Gasteiger partial charge in [0, 0.05) is 29.8 Å². The zero-order valence-corrected chi connectivity index (χ0v) is 15.4. The number of rotatable bonds is 3. The predicted molar refractivity (Wildman–Crippen MR) is 102 cm³/mol. The van der Waals surface area contributed by atoms with Gasteiger partial charge in [-0.1, -0.05) is 0 Å². The monoisotopic (exact) mass is 368 g/mol. The van der Waals surface area contributed by atoms with E-state index in [0.29, 0.717) is 39.2 Å². The number of aromatic nitrogens is 5. The van der Waals surface area contributed by atoms with Gasteiger partial charge >= 0.3 is 0 Å². The molecular weight excluding hydrogens is 350 g/mol. The molecule has 0 radical (unpaired) electrons. The van der Waals surface area contributed by atoms with Crippen LogP contribution in [0.25, 0.3) is 33.4 Å². The number of nitrogens with zero attached hydrogens (tertiary/aromatic N) is 4. The van der Waals surface area contributed by atoms with Gasteiger partial charge in [-0.3, -0.25) is 10.1 Å². The highest BCUT2D eigenvalue weighted by Crippen LogP contribution is 2.38. The Balaban J connectivity index is 2.03. The van der Waals surface area contributed by atoms with Crippen LogP contribution in [0.1, 0.15) is 25.0 Å². The van der Waals surface area contributed by atoms with E-state index in [1.807, 2.05) is 10.6 Å². The molecule has 0 aliphatic carbocycles. The molecule has 0 unspecified atom stereocenters. The van der Waals surface area contributed by atoms with Gasteiger partial charge in [0.1, 0.15) is 17.5 Å². The molecule has 8 heteroatoms. The van der Waals surface area contributed by atoms with Crippen LogP contribution in [-0.4, -0.2) is 31.6 Å². The molecule has 4 aromatic rings. The Morgan fingerprint density at radius 1 is 1.22 bits per heavy atom. The van der Waals surface area contributed by atoms with Crippen LogP contribution in [0, 0.1) is 12.7 Å². The van der Waals surface area contributed by atoms with Gasteiger partial charge in [-0.15, -0.1) is 0 Å². The fraction of sp³-hybridized carbons (Fsp3) is 0.211. The Kier molecular flexibility index (Phi) is 3.91. The fourth-order valence-electron chi connectivity index (χ4n) is 3.28. The van der Waals surface area contributed by atoms with Crippen molar-refractivity contribution in [3.05, 3.63) is 47.6 Å². The highest BCUT2D eigenvalue weighted by Gasteiger charge is 2.22. The molecule has 0 fully saturated rings. The Morgan fingerprint density at radius 2 is 2.00 bits per heavy atom. The number of nitrogens with one attached hydrogen (secondary N) is 2. The number of halogens is 2. The third kappa shape index (κ3) is 2.56. The summed E-state index contributed by atoms with van der Waals surface area (Å²) in [4.78, 5) is 8.82. The summed E-state index contributed by atoms with van der Waals surface area (Å²) in [5.41, 5.74) is 3.15. The molecule has 0 saturated carbocycles. The van der Waals surface area contributed by atoms with E-state index in [0.717, 1.165) is 0 Å². The van der Waals surface area contributed by atoms with Crippen molar-refractivity contribution in [2.24, 2.45) is 0 Å². The molecule has 1 aromatic carbocycles. The molecule has 0 spiro atoms. The summed E-state index contributed by atoms with van der Waals surface area (Å²) in [5, 5.41) is 10.5. The van der Waals surface area contributed by atoms with Crippen molar-refractivity contribution in [3.63, 3.8) is 0 Å². The maximum absolute atomic E-state index is 15.2. The van der Waals surface area contributed by atoms with Crippen molar-refractivity contribution in [3.8, 4) is 11.3 Å². The lowest BCUT2D eigenvalue weighted by molar-refractivity contribution is 0.611. The summed E-state index contributed by atoms with van der Waals surface area (Å²) >= 11 is 0. The van der Waals surface area contributed by atoms with Crippen LogP contribution < -0.4 is 5.32 Å². The first kappa shape index (κ1) is 17.1. The third-order valence-electron chi connectivity index (χ3n) is 4.83. The Labute approximate surface area is 154 Å². The highest BCUT2D eigenvalue weighted by molar-refractivity contribution is 6.01. The van der Waals surface area contributed by atoms with Gasteiger partial charge in [-0.05, 0) is 31.9 Å². The summed E-state index contributed by atoms with van der Waals surface area (Å²) in [6.07, 6.45) is 6.86. The van der Waals surface area contributed by atoms with Gasteiger partial charge in [-0.25, -0.2) is 13.8 Å². The Hall–Kier alpha value is -3.29. The van der Waals surface area contributed by atoms with Crippen molar-refractivity contribution in [1.29, 1.82) is 0 Å². The molecule has 0 saturated heterocycles. The molecule has 0 aliphatic rings. The van der Waals surface area contributed by atoms with Gasteiger partial charge in [0.25, 0.3) is 0 Å². The second-order valence-corrected chi connectivity index (χ2v) is 6.42. The average Bonchev–Trinajstić information content (AvgIpc) is 3.28. The van der Waals surface area contributed by atoms with E-state index >= 15 is 4.39 Å². The normalized spacial score (nSPS) is 12.7. The summed E-state index contributed by atoms with van der Waals surface area (Å²) in [6.45, 7) is 4.54. The maximum atomic E-state index is 15.2. The average molecular weight is 368 g/mol. The molecule has 4 rings (SSSR count). The molecule has 2 N–H and O–H groups in total. The summed E-state index contributed by atoms with van der Waals surface area (Å²) in [7, 11) is 1.78. The van der Waals surface area contributed by atoms with Crippen LogP contribution in [0.3, 0.4) is 0 Å². The first-order chi connectivity index (χ1) is 12.9. The van der Waals surface area contributed by atoms with Gasteiger partial charge < -0.3 is 9.72 Å². The van der Waals surface area contributed by atoms with Crippen molar-refractivity contribution in [2.45, 2.75) is 20.8 Å². The SMILES string of the molecule is CNc1cn2cc(-c3c(C)c(F)c(/C(C)=C(\C)F)c4[nH]ncc34)ncc2n1. The smallest absolute Gasteiger partial charge is 0.157 e. The zero-order valence-electron chi connectivity index (χ0n) is 15.4. The topological polar surface area (TPSA) is 70.9 Å². The summed E-state index contributed by atoms with van der Waals surface area (Å²) in [5.74, 6) is -0.214. The van der Waals surface area contributed by atoms with E-state index < -0.39 is 11.6 Å². The standard InChI is InChI=1S/C19H18F2N6/c1-9(11(3)20)17-18(21)10(2)16(12-5-24-26-19(12)17)13-7-27-8-14(22-4)25-15(27)6-23-13/h5-8,22H,1-4H3,(H,24,26)/b11-9+. The maximum Gasteiger partial charge on any atom is 0.157 e. The second-order valence-electron chi connectivity index (χ2n) is 6.42. The van der Waals surface area contributed by atoms with Crippen LogP contribution in [0.4, 0.5) is 14.6 Å². The number of aromatic amines is 1. The van der Waals surface area contributed by atoms with Gasteiger partial charge in [0.05, 0.1) is 29.8 Å². The lowest BCUT2D eigenvalue weighted by Gasteiger charge is -2.14. The number of hydrogen-bond acceptors (Lipinski definition) is 4. The highest BCUT2D eigenvalue weighted by atomic mass is 19.1. The number of H-pyrrole nitrogens is 1. The number of imidazole rings is 1. The van der Waals surface area contributed by atoms with E-state index in [1.165, 1.54) is 6.92 Å². The molecule has 0 bridgehead atoms. The first-order valence-corrected chi connectivity index (χ1v) is 8.43. The molecule has 0 amide bonds. The van der Waals surface area contributed by atoms with E-state index in [2.05, 4.69) is 25.5 Å². The number of anilines is 1. The lowest BCUT2D eigenvalue weighted by atomic mass is 9.93. The minimum atomic E-state index is -0.486. The van der Waals surface area contributed by atoms with Gasteiger partial charge in [0.2, 0.25) is 0 Å². The number of allylic oxidation sites excluding steroid dienone is 2. The zero-order chi connectivity index (χ0) is 19.3. The van der Waals surface area contributed by atoms with Crippen molar-refractivity contribution < 1.29 is 8.78 Å². The molecule has 0 aliphatic heterocycles. The van der Waals surface area contributed by atoms with Crippen LogP contribution in [-0.2, 0) is 0 Å². The van der Waals surface area contributed by atoms with E-state index in [4.69, 9.17) is 0 Å². The third-order valence-corrected chi connectivity index (χ3v) is 4.83. The lowest BCUT2D eigenvalue weighted by Crippen LogP contribution is -2.00. The van der Waals surface area contributed by atoms with Crippen LogP contribution >= 0.6 is 0 Å². The fourth-order valence-corrected chi connectivity index (χ4v) is 3.28. The summed E-state index contributed by atoms with van der Waals surface area (Å²) in [6, 6.07) is 0. The van der Waals surface area contributed by atoms with Crippen LogP contribution in [0.15, 0.2) is 30.6 Å². The number of fused-ring (bicyclic) bond motifs is 2. The Bertz CT molecular complexity index is 1210. The minimum Gasteiger partial charge on any atom is -0.372 e. The second kappa shape index (κ2) is 6.15. The van der Waals surface area contributed by atoms with E-state index in [9.17, 15) is 4.39 Å². The van der Waals surface area contributed by atoms with Crippen LogP contribution in [0.5, 0.6) is 0 Å². The van der Waals surface area contributed by atoms with Crippen molar-refractivity contribution in [2.75, 3.05) is 12.4 Å². The minimum absolute atomic E-state index is 0.199. The van der Waals surface area contributed by atoms with Crippen molar-refractivity contribution >= 4 is 27.9 Å². The molecule has 3 aromatic heterocycles. The number of benzene rings is 1. The Morgan fingerprint density at radius 3 is 2.70 bits per heavy atom. The molecule has 27 heavy (non-hydrogen) atoms. The molecule has 138 valence electrons. The van der Waals surface area contributed by atoms with Crippen molar-refractivity contribution in [1.82, 2.24) is 24.6 Å². The quantitative estimate of drug-likeness (QED) is 0.559. The molecule has 6 nitrogen and oxygen atoms in total. The van der Waals surface area contributed by atoms with Gasteiger partial charge in [-0.2, -0.15) is 5.10 Å². The molecular formula is C19H18F2N6. The first-order valence-electron chi connectivity index (χ1n) is 8.43. The largest absolute Gasteiger partial charge is 0.372 e. The van der Waals surface area contributed by atoms with E-state index in [-0.39, 0.29) is 11.1 Å². The van der Waals surface area contributed by atoms with Gasteiger partial charge in [0.15, 0.2) is 5.65 Å². The predicted octanol–water partition coefficient (Wildman–Crippen LogP) is 4.48. The molecule has 0 atom stereocenters. The summed E-state index contributed by atoms with van der Waals surface area (Å²) < 4.78 is 30.9.